The van der Waals surface area contributed by atoms with Crippen molar-refractivity contribution in [3.05, 3.63) is 59.2 Å². The SMILES string of the molecule is CCc1cccc(C)c1NCC(=O)Nc1ccc(C(=O)N2CCCC2)cc1. The summed E-state index contributed by atoms with van der Waals surface area (Å²) in [6.45, 7) is 6.01. The molecule has 0 saturated carbocycles. The maximum Gasteiger partial charge on any atom is 0.253 e. The van der Waals surface area contributed by atoms with Gasteiger partial charge in [-0.2, -0.15) is 0 Å². The van der Waals surface area contributed by atoms with Gasteiger partial charge in [0.2, 0.25) is 5.91 Å². The van der Waals surface area contributed by atoms with Crippen molar-refractivity contribution >= 4 is 23.2 Å². The molecule has 1 aliphatic heterocycles. The number of rotatable bonds is 6. The smallest absolute Gasteiger partial charge is 0.253 e. The van der Waals surface area contributed by atoms with Crippen LogP contribution in [0.1, 0.15) is 41.3 Å². The summed E-state index contributed by atoms with van der Waals surface area (Å²) < 4.78 is 0. The Labute approximate surface area is 160 Å². The molecule has 27 heavy (non-hydrogen) atoms. The van der Waals surface area contributed by atoms with E-state index in [2.05, 4.69) is 23.6 Å². The van der Waals surface area contributed by atoms with E-state index in [1.54, 1.807) is 24.3 Å². The van der Waals surface area contributed by atoms with Crippen molar-refractivity contribution in [3.63, 3.8) is 0 Å². The highest BCUT2D eigenvalue weighted by molar-refractivity contribution is 5.96. The molecule has 1 aliphatic rings. The Morgan fingerprint density at radius 2 is 1.74 bits per heavy atom. The van der Waals surface area contributed by atoms with E-state index in [0.717, 1.165) is 43.6 Å². The second kappa shape index (κ2) is 8.71. The van der Waals surface area contributed by atoms with Crippen LogP contribution in [0, 0.1) is 6.92 Å². The fraction of sp³-hybridized carbons (Fsp3) is 0.364. The Kier molecular flexibility index (Phi) is 6.12. The number of amides is 2. The first-order chi connectivity index (χ1) is 13.1. The van der Waals surface area contributed by atoms with E-state index in [0.29, 0.717) is 11.3 Å². The van der Waals surface area contributed by atoms with Crippen LogP contribution in [0.4, 0.5) is 11.4 Å². The molecule has 2 aromatic rings. The van der Waals surface area contributed by atoms with Crippen molar-refractivity contribution in [1.82, 2.24) is 4.90 Å². The molecule has 2 amide bonds. The predicted octanol–water partition coefficient (Wildman–Crippen LogP) is 3.84. The monoisotopic (exact) mass is 365 g/mol. The number of hydrogen-bond donors (Lipinski definition) is 2. The summed E-state index contributed by atoms with van der Waals surface area (Å²) in [4.78, 5) is 26.5. The summed E-state index contributed by atoms with van der Waals surface area (Å²) in [6.07, 6.45) is 3.07. The number of anilines is 2. The van der Waals surface area contributed by atoms with Gasteiger partial charge in [0.1, 0.15) is 0 Å². The normalized spacial score (nSPS) is 13.5. The maximum atomic E-state index is 12.4. The van der Waals surface area contributed by atoms with Gasteiger partial charge in [0.25, 0.3) is 5.91 Å². The van der Waals surface area contributed by atoms with E-state index < -0.39 is 0 Å². The number of carbonyl (C=O) groups is 2. The van der Waals surface area contributed by atoms with Gasteiger partial charge in [-0.25, -0.2) is 0 Å². The minimum atomic E-state index is -0.112. The first-order valence-electron chi connectivity index (χ1n) is 9.60. The molecule has 0 bridgehead atoms. The first kappa shape index (κ1) is 19.0. The summed E-state index contributed by atoms with van der Waals surface area (Å²) in [5.74, 6) is -0.0439. The Bertz CT molecular complexity index is 809. The average molecular weight is 365 g/mol. The van der Waals surface area contributed by atoms with Gasteiger partial charge in [-0.1, -0.05) is 25.1 Å². The Morgan fingerprint density at radius 1 is 1.04 bits per heavy atom. The lowest BCUT2D eigenvalue weighted by molar-refractivity contribution is -0.114. The highest BCUT2D eigenvalue weighted by atomic mass is 16.2. The van der Waals surface area contributed by atoms with Crippen LogP contribution in [-0.2, 0) is 11.2 Å². The second-order valence-corrected chi connectivity index (χ2v) is 6.94. The van der Waals surface area contributed by atoms with Crippen molar-refractivity contribution < 1.29 is 9.59 Å². The quantitative estimate of drug-likeness (QED) is 0.817. The average Bonchev–Trinajstić information content (AvgIpc) is 3.21. The van der Waals surface area contributed by atoms with Crippen LogP contribution in [0.5, 0.6) is 0 Å². The molecule has 142 valence electrons. The number of carbonyl (C=O) groups excluding carboxylic acids is 2. The van der Waals surface area contributed by atoms with Crippen LogP contribution in [0.15, 0.2) is 42.5 Å². The number of hydrogen-bond acceptors (Lipinski definition) is 3. The van der Waals surface area contributed by atoms with Gasteiger partial charge in [0, 0.05) is 30.0 Å². The van der Waals surface area contributed by atoms with E-state index in [9.17, 15) is 9.59 Å². The van der Waals surface area contributed by atoms with Crippen molar-refractivity contribution in [2.75, 3.05) is 30.3 Å². The van der Waals surface area contributed by atoms with E-state index in [1.807, 2.05) is 24.0 Å². The number of likely N-dealkylation sites (tertiary alicyclic amines) is 1. The molecular weight excluding hydrogens is 338 g/mol. The second-order valence-electron chi connectivity index (χ2n) is 6.94. The summed E-state index contributed by atoms with van der Waals surface area (Å²) in [7, 11) is 0. The molecule has 2 N–H and O–H groups in total. The standard InChI is InChI=1S/C22H27N3O2/c1-3-17-8-6-7-16(2)21(17)23-15-20(26)24-19-11-9-18(10-12-19)22(27)25-13-4-5-14-25/h6-12,23H,3-5,13-15H2,1-2H3,(H,24,26). The lowest BCUT2D eigenvalue weighted by Crippen LogP contribution is -2.27. The number of benzene rings is 2. The summed E-state index contributed by atoms with van der Waals surface area (Å²) in [6, 6.07) is 13.3. The van der Waals surface area contributed by atoms with E-state index in [-0.39, 0.29) is 18.4 Å². The third-order valence-corrected chi connectivity index (χ3v) is 4.97. The molecule has 0 aliphatic carbocycles. The van der Waals surface area contributed by atoms with Crippen LogP contribution in [0.25, 0.3) is 0 Å². The van der Waals surface area contributed by atoms with Gasteiger partial charge in [0.15, 0.2) is 0 Å². The van der Waals surface area contributed by atoms with Gasteiger partial charge < -0.3 is 15.5 Å². The van der Waals surface area contributed by atoms with Crippen molar-refractivity contribution in [2.45, 2.75) is 33.1 Å². The zero-order valence-corrected chi connectivity index (χ0v) is 16.0. The molecule has 1 fully saturated rings. The highest BCUT2D eigenvalue weighted by Crippen LogP contribution is 2.21. The van der Waals surface area contributed by atoms with Crippen LogP contribution in [0.2, 0.25) is 0 Å². The first-order valence-corrected chi connectivity index (χ1v) is 9.60. The lowest BCUT2D eigenvalue weighted by atomic mass is 10.1. The largest absolute Gasteiger partial charge is 0.376 e. The fourth-order valence-corrected chi connectivity index (χ4v) is 3.45. The predicted molar refractivity (Wildman–Crippen MR) is 109 cm³/mol. The highest BCUT2D eigenvalue weighted by Gasteiger charge is 2.19. The summed E-state index contributed by atoms with van der Waals surface area (Å²) in [5.41, 5.74) is 4.72. The van der Waals surface area contributed by atoms with Crippen molar-refractivity contribution in [1.29, 1.82) is 0 Å². The lowest BCUT2D eigenvalue weighted by Gasteiger charge is -2.16. The molecule has 5 nitrogen and oxygen atoms in total. The third-order valence-electron chi connectivity index (χ3n) is 4.97. The molecule has 5 heteroatoms. The third kappa shape index (κ3) is 4.67. The van der Waals surface area contributed by atoms with Gasteiger partial charge in [0.05, 0.1) is 6.54 Å². The molecular formula is C22H27N3O2. The molecule has 0 atom stereocenters. The molecule has 3 rings (SSSR count). The van der Waals surface area contributed by atoms with Crippen molar-refractivity contribution in [2.24, 2.45) is 0 Å². The van der Waals surface area contributed by atoms with Gasteiger partial charge >= 0.3 is 0 Å². The Morgan fingerprint density at radius 3 is 2.41 bits per heavy atom. The molecule has 0 unspecified atom stereocenters. The molecule has 0 radical (unpaired) electrons. The minimum Gasteiger partial charge on any atom is -0.376 e. The number of para-hydroxylation sites is 1. The topological polar surface area (TPSA) is 61.4 Å². The summed E-state index contributed by atoms with van der Waals surface area (Å²) in [5, 5.41) is 6.12. The van der Waals surface area contributed by atoms with Gasteiger partial charge in [-0.05, 0) is 61.6 Å². The van der Waals surface area contributed by atoms with E-state index >= 15 is 0 Å². The van der Waals surface area contributed by atoms with Crippen LogP contribution >= 0.6 is 0 Å². The summed E-state index contributed by atoms with van der Waals surface area (Å²) >= 11 is 0. The number of aryl methyl sites for hydroxylation is 2. The van der Waals surface area contributed by atoms with E-state index in [1.165, 1.54) is 5.56 Å². The molecule has 2 aromatic carbocycles. The Balaban J connectivity index is 1.56. The number of nitrogens with one attached hydrogen (secondary N) is 2. The Hall–Kier alpha value is -2.82. The number of nitrogens with zero attached hydrogens (tertiary/aromatic N) is 1. The zero-order valence-electron chi connectivity index (χ0n) is 16.0. The van der Waals surface area contributed by atoms with Crippen molar-refractivity contribution in [3.8, 4) is 0 Å². The molecule has 1 heterocycles. The van der Waals surface area contributed by atoms with E-state index in [4.69, 9.17) is 0 Å². The zero-order chi connectivity index (χ0) is 19.2. The maximum absolute atomic E-state index is 12.4. The van der Waals surface area contributed by atoms with Gasteiger partial charge in [-0.15, -0.1) is 0 Å². The molecule has 1 saturated heterocycles. The minimum absolute atomic E-state index is 0.0682. The molecule has 0 spiro atoms. The molecule has 0 aromatic heterocycles. The van der Waals surface area contributed by atoms with Crippen LogP contribution < -0.4 is 10.6 Å². The van der Waals surface area contributed by atoms with Crippen LogP contribution in [0.3, 0.4) is 0 Å². The fourth-order valence-electron chi connectivity index (χ4n) is 3.45. The van der Waals surface area contributed by atoms with Gasteiger partial charge in [-0.3, -0.25) is 9.59 Å². The van der Waals surface area contributed by atoms with Crippen LogP contribution in [-0.4, -0.2) is 36.3 Å².